The van der Waals surface area contributed by atoms with Crippen molar-refractivity contribution in [2.45, 2.75) is 32.4 Å². The lowest BCUT2D eigenvalue weighted by Gasteiger charge is -2.30. The summed E-state index contributed by atoms with van der Waals surface area (Å²) in [5, 5.41) is 0. The molecule has 2 aliphatic rings. The van der Waals surface area contributed by atoms with E-state index >= 15 is 0 Å². The Morgan fingerprint density at radius 3 is 2.63 bits per heavy atom. The van der Waals surface area contributed by atoms with Crippen LogP contribution in [0.5, 0.6) is 6.01 Å². The van der Waals surface area contributed by atoms with Gasteiger partial charge in [0.25, 0.3) is 0 Å². The first-order valence-electron chi connectivity index (χ1n) is 10.5. The molecule has 2 N–H and O–H groups in total. The van der Waals surface area contributed by atoms with Crippen LogP contribution in [0.1, 0.15) is 29.5 Å². The molecule has 1 aromatic carbocycles. The van der Waals surface area contributed by atoms with Gasteiger partial charge in [0, 0.05) is 32.2 Å². The number of fused-ring (bicyclic) bond motifs is 1. The minimum absolute atomic E-state index is 0.110. The highest BCUT2D eigenvalue weighted by Crippen LogP contribution is 2.30. The Hall–Kier alpha value is -2.71. The Morgan fingerprint density at radius 2 is 1.87 bits per heavy atom. The van der Waals surface area contributed by atoms with Crippen LogP contribution in [-0.4, -0.2) is 60.6 Å². The van der Waals surface area contributed by atoms with E-state index in [1.165, 1.54) is 31.5 Å². The Labute approximate surface area is 177 Å². The summed E-state index contributed by atoms with van der Waals surface area (Å²) in [7, 11) is 1.61. The number of likely N-dealkylation sites (tertiary alicyclic amines) is 1. The second-order valence-electron chi connectivity index (χ2n) is 7.91. The number of rotatable bonds is 8. The number of nitrogen functional groups attached to an aromatic ring is 1. The van der Waals surface area contributed by atoms with E-state index in [2.05, 4.69) is 39.1 Å². The summed E-state index contributed by atoms with van der Waals surface area (Å²) in [5.41, 5.74) is 9.25. The number of hydrogen-bond donors (Lipinski definition) is 1. The quantitative estimate of drug-likeness (QED) is 0.658. The summed E-state index contributed by atoms with van der Waals surface area (Å²) in [6.45, 7) is 4.97. The normalized spacial score (nSPS) is 16.7. The molecule has 0 bridgehead atoms. The summed E-state index contributed by atoms with van der Waals surface area (Å²) >= 11 is 0. The van der Waals surface area contributed by atoms with Gasteiger partial charge < -0.3 is 20.1 Å². The molecule has 2 aliphatic heterocycles. The third kappa shape index (κ3) is 4.88. The molecule has 0 amide bonds. The first kappa shape index (κ1) is 20.6. The molecule has 4 rings (SSSR count). The molecule has 2 aromatic rings. The van der Waals surface area contributed by atoms with Crippen molar-refractivity contribution >= 4 is 17.4 Å². The SMILES string of the molecule is COCCOc1nc(N)c2c(n1)N(Cc1cccc(CN3CCCC3)c1)CC(=O)C2. The minimum Gasteiger partial charge on any atom is -0.461 e. The Morgan fingerprint density at radius 1 is 1.10 bits per heavy atom. The van der Waals surface area contributed by atoms with Crippen LogP contribution in [0, 0.1) is 0 Å². The van der Waals surface area contributed by atoms with Gasteiger partial charge >= 0.3 is 6.01 Å². The molecule has 3 heterocycles. The summed E-state index contributed by atoms with van der Waals surface area (Å²) in [4.78, 5) is 25.6. The Balaban J connectivity index is 1.54. The van der Waals surface area contributed by atoms with Gasteiger partial charge in [-0.25, -0.2) is 0 Å². The van der Waals surface area contributed by atoms with Crippen LogP contribution in [0.3, 0.4) is 0 Å². The summed E-state index contributed by atoms with van der Waals surface area (Å²) in [6, 6.07) is 8.77. The molecule has 8 heteroatoms. The van der Waals surface area contributed by atoms with E-state index in [4.69, 9.17) is 15.2 Å². The molecule has 8 nitrogen and oxygen atoms in total. The predicted octanol–water partition coefficient (Wildman–Crippen LogP) is 1.81. The number of nitrogens with zero attached hydrogens (tertiary/aromatic N) is 4. The van der Waals surface area contributed by atoms with Crippen molar-refractivity contribution in [3.63, 3.8) is 0 Å². The van der Waals surface area contributed by atoms with E-state index in [0.29, 0.717) is 43.5 Å². The van der Waals surface area contributed by atoms with Crippen LogP contribution in [0.15, 0.2) is 24.3 Å². The average molecular weight is 412 g/mol. The van der Waals surface area contributed by atoms with Gasteiger partial charge in [-0.15, -0.1) is 0 Å². The lowest BCUT2D eigenvalue weighted by atomic mass is 10.0. The number of hydrogen-bond acceptors (Lipinski definition) is 8. The number of methoxy groups -OCH3 is 1. The molecule has 30 heavy (non-hydrogen) atoms. The van der Waals surface area contributed by atoms with Crippen molar-refractivity contribution in [1.29, 1.82) is 0 Å². The molecule has 1 saturated heterocycles. The topological polar surface area (TPSA) is 93.8 Å². The van der Waals surface area contributed by atoms with Gasteiger partial charge in [-0.2, -0.15) is 9.97 Å². The van der Waals surface area contributed by atoms with Crippen LogP contribution in [0.2, 0.25) is 0 Å². The van der Waals surface area contributed by atoms with Crippen molar-refractivity contribution in [3.8, 4) is 6.01 Å². The lowest BCUT2D eigenvalue weighted by Crippen LogP contribution is -2.36. The largest absolute Gasteiger partial charge is 0.461 e. The maximum absolute atomic E-state index is 12.4. The number of ketones is 1. The van der Waals surface area contributed by atoms with E-state index in [-0.39, 0.29) is 18.2 Å². The maximum Gasteiger partial charge on any atom is 0.320 e. The number of anilines is 2. The standard InChI is InChI=1S/C22H29N5O3/c1-29-9-10-30-22-24-20(23)19-12-18(28)15-27(21(19)25-22)14-17-6-4-5-16(11-17)13-26-7-2-3-8-26/h4-6,11H,2-3,7-10,12-15H2,1H3,(H2,23,24,25). The smallest absolute Gasteiger partial charge is 0.320 e. The van der Waals surface area contributed by atoms with E-state index in [1.54, 1.807) is 7.11 Å². The van der Waals surface area contributed by atoms with Crippen molar-refractivity contribution in [2.24, 2.45) is 0 Å². The third-order valence-corrected chi connectivity index (χ3v) is 5.53. The molecule has 1 aromatic heterocycles. The molecular formula is C22H29N5O3. The zero-order valence-electron chi connectivity index (χ0n) is 17.5. The summed E-state index contributed by atoms with van der Waals surface area (Å²) in [5.74, 6) is 1.09. The van der Waals surface area contributed by atoms with Crippen molar-refractivity contribution < 1.29 is 14.3 Å². The Bertz CT molecular complexity index is 898. The van der Waals surface area contributed by atoms with E-state index < -0.39 is 0 Å². The molecule has 0 aliphatic carbocycles. The lowest BCUT2D eigenvalue weighted by molar-refractivity contribution is -0.117. The summed E-state index contributed by atoms with van der Waals surface area (Å²) < 4.78 is 10.6. The molecule has 0 spiro atoms. The van der Waals surface area contributed by atoms with Gasteiger partial charge in [0.05, 0.1) is 13.2 Å². The van der Waals surface area contributed by atoms with Crippen molar-refractivity contribution in [1.82, 2.24) is 14.9 Å². The molecule has 0 unspecified atom stereocenters. The Kier molecular flexibility index (Phi) is 6.44. The van der Waals surface area contributed by atoms with E-state index in [1.807, 2.05) is 4.90 Å². The fourth-order valence-electron chi connectivity index (χ4n) is 4.10. The maximum atomic E-state index is 12.4. The zero-order chi connectivity index (χ0) is 20.9. The predicted molar refractivity (Wildman–Crippen MR) is 115 cm³/mol. The van der Waals surface area contributed by atoms with Crippen molar-refractivity contribution in [3.05, 3.63) is 41.0 Å². The summed E-state index contributed by atoms with van der Waals surface area (Å²) in [6.07, 6.45) is 2.82. The zero-order valence-corrected chi connectivity index (χ0v) is 17.5. The molecule has 160 valence electrons. The van der Waals surface area contributed by atoms with Crippen LogP contribution in [0.25, 0.3) is 0 Å². The van der Waals surface area contributed by atoms with Gasteiger partial charge in [0.15, 0.2) is 5.78 Å². The first-order valence-corrected chi connectivity index (χ1v) is 10.5. The fraction of sp³-hybridized carbons (Fsp3) is 0.500. The number of Topliss-reactive ketones (excluding diaryl/α,β-unsaturated/α-hetero) is 1. The van der Waals surface area contributed by atoms with Crippen LogP contribution in [0.4, 0.5) is 11.6 Å². The monoisotopic (exact) mass is 411 g/mol. The highest BCUT2D eigenvalue weighted by Gasteiger charge is 2.28. The van der Waals surface area contributed by atoms with Gasteiger partial charge in [0.2, 0.25) is 0 Å². The number of aromatic nitrogens is 2. The highest BCUT2D eigenvalue weighted by atomic mass is 16.5. The number of nitrogens with two attached hydrogens (primary N) is 1. The molecule has 0 atom stereocenters. The van der Waals surface area contributed by atoms with E-state index in [0.717, 1.165) is 12.1 Å². The average Bonchev–Trinajstić information content (AvgIpc) is 3.22. The van der Waals surface area contributed by atoms with Gasteiger partial charge in [0.1, 0.15) is 18.2 Å². The van der Waals surface area contributed by atoms with Crippen LogP contribution >= 0.6 is 0 Å². The molecular weight excluding hydrogens is 382 g/mol. The third-order valence-electron chi connectivity index (χ3n) is 5.53. The number of carbonyl (C=O) groups excluding carboxylic acids is 1. The van der Waals surface area contributed by atoms with E-state index in [9.17, 15) is 4.79 Å². The van der Waals surface area contributed by atoms with Gasteiger partial charge in [-0.3, -0.25) is 9.69 Å². The minimum atomic E-state index is 0.110. The molecule has 0 saturated carbocycles. The highest BCUT2D eigenvalue weighted by molar-refractivity contribution is 5.91. The molecule has 0 radical (unpaired) electrons. The van der Waals surface area contributed by atoms with Gasteiger partial charge in [-0.05, 0) is 37.1 Å². The number of benzene rings is 1. The number of carbonyl (C=O) groups is 1. The number of ether oxygens (including phenoxy) is 2. The van der Waals surface area contributed by atoms with Crippen LogP contribution in [-0.2, 0) is 29.0 Å². The first-order chi connectivity index (χ1) is 14.6. The van der Waals surface area contributed by atoms with Crippen molar-refractivity contribution in [2.75, 3.05) is 50.6 Å². The van der Waals surface area contributed by atoms with Gasteiger partial charge in [-0.1, -0.05) is 24.3 Å². The van der Waals surface area contributed by atoms with Crippen LogP contribution < -0.4 is 15.4 Å². The molecule has 1 fully saturated rings. The fourth-order valence-corrected chi connectivity index (χ4v) is 4.10. The second-order valence-corrected chi connectivity index (χ2v) is 7.91. The second kappa shape index (κ2) is 9.40.